The van der Waals surface area contributed by atoms with Crippen molar-refractivity contribution in [3.05, 3.63) is 22.5 Å². The van der Waals surface area contributed by atoms with Crippen LogP contribution in [0.4, 0.5) is 0 Å². The van der Waals surface area contributed by atoms with Crippen LogP contribution in [0.3, 0.4) is 0 Å². The molecule has 1 saturated carbocycles. The summed E-state index contributed by atoms with van der Waals surface area (Å²) in [5.74, 6) is 0.0929. The third-order valence-corrected chi connectivity index (χ3v) is 5.55. The molecule has 2 N–H and O–H groups in total. The Hall–Kier alpha value is -1.62. The smallest absolute Gasteiger partial charge is 0.270 e. The summed E-state index contributed by atoms with van der Waals surface area (Å²) in [6, 6.07) is -0.0598. The van der Waals surface area contributed by atoms with Crippen molar-refractivity contribution in [1.29, 1.82) is 0 Å². The van der Waals surface area contributed by atoms with Crippen molar-refractivity contribution in [2.75, 3.05) is 6.54 Å². The van der Waals surface area contributed by atoms with Gasteiger partial charge in [0.2, 0.25) is 0 Å². The van der Waals surface area contributed by atoms with Crippen LogP contribution >= 0.6 is 0 Å². The van der Waals surface area contributed by atoms with Crippen LogP contribution in [0.2, 0.25) is 0 Å². The lowest BCUT2D eigenvalue weighted by Crippen LogP contribution is -2.44. The summed E-state index contributed by atoms with van der Waals surface area (Å²) in [7, 11) is 0. The van der Waals surface area contributed by atoms with Gasteiger partial charge >= 0.3 is 0 Å². The van der Waals surface area contributed by atoms with Gasteiger partial charge in [-0.25, -0.2) is 0 Å². The van der Waals surface area contributed by atoms with E-state index < -0.39 is 5.60 Å². The fourth-order valence-electron chi connectivity index (χ4n) is 4.16. The van der Waals surface area contributed by atoms with Gasteiger partial charge in [0.1, 0.15) is 5.69 Å². The number of nitrogens with one attached hydrogen (secondary N) is 1. The highest BCUT2D eigenvalue weighted by Crippen LogP contribution is 2.45. The van der Waals surface area contributed by atoms with Gasteiger partial charge in [0.25, 0.3) is 5.91 Å². The fourth-order valence-corrected chi connectivity index (χ4v) is 4.16. The Morgan fingerprint density at radius 3 is 2.77 bits per heavy atom. The number of ketones is 1. The molecule has 0 bridgehead atoms. The Morgan fingerprint density at radius 2 is 2.09 bits per heavy atom. The van der Waals surface area contributed by atoms with Gasteiger partial charge in [0.15, 0.2) is 5.78 Å². The Kier molecular flexibility index (Phi) is 2.98. The fraction of sp³-hybridized carbons (Fsp3) is 0.647. The summed E-state index contributed by atoms with van der Waals surface area (Å²) >= 11 is 0. The van der Waals surface area contributed by atoms with E-state index in [-0.39, 0.29) is 17.7 Å². The van der Waals surface area contributed by atoms with E-state index in [2.05, 4.69) is 4.98 Å². The van der Waals surface area contributed by atoms with Gasteiger partial charge in [0.05, 0.1) is 11.6 Å². The molecule has 0 spiro atoms. The van der Waals surface area contributed by atoms with Crippen LogP contribution in [-0.2, 0) is 6.42 Å². The lowest BCUT2D eigenvalue weighted by Gasteiger charge is -2.28. The molecular weight excluding hydrogens is 280 g/mol. The molecule has 0 radical (unpaired) electrons. The molecule has 2 fully saturated rings. The molecule has 1 amide bonds. The van der Waals surface area contributed by atoms with E-state index in [0.29, 0.717) is 18.7 Å². The molecule has 1 aliphatic heterocycles. The molecular formula is C17H22N2O3. The van der Waals surface area contributed by atoms with E-state index >= 15 is 0 Å². The maximum Gasteiger partial charge on any atom is 0.270 e. The maximum absolute atomic E-state index is 12.9. The number of aliphatic hydroxyl groups is 1. The number of hydrogen-bond acceptors (Lipinski definition) is 3. The van der Waals surface area contributed by atoms with Crippen molar-refractivity contribution in [3.63, 3.8) is 0 Å². The molecule has 0 aromatic carbocycles. The minimum Gasteiger partial charge on any atom is -0.388 e. The second-order valence-corrected chi connectivity index (χ2v) is 7.02. The van der Waals surface area contributed by atoms with Crippen molar-refractivity contribution < 1.29 is 14.7 Å². The number of carbonyl (C=O) groups is 2. The lowest BCUT2D eigenvalue weighted by atomic mass is 9.93. The first-order valence-corrected chi connectivity index (χ1v) is 8.29. The van der Waals surface area contributed by atoms with E-state index in [1.807, 2.05) is 11.8 Å². The van der Waals surface area contributed by atoms with Crippen molar-refractivity contribution >= 4 is 11.7 Å². The quantitative estimate of drug-likeness (QED) is 0.877. The van der Waals surface area contributed by atoms with E-state index in [0.717, 1.165) is 55.3 Å². The third-order valence-electron chi connectivity index (χ3n) is 5.55. The predicted molar refractivity (Wildman–Crippen MR) is 81.0 cm³/mol. The van der Waals surface area contributed by atoms with Gasteiger partial charge in [-0.05, 0) is 51.0 Å². The Bertz CT molecular complexity index is 657. The standard InChI is InChI=1S/C17H22N2O3/c1-10-14-11(4-2-5-12(14)20)18-15(10)16(21)19-9-3-6-13(19)17(22)7-8-17/h13,18,22H,2-9H2,1H3. The number of likely N-dealkylation sites (tertiary alicyclic amines) is 1. The molecule has 5 heteroatoms. The second-order valence-electron chi connectivity index (χ2n) is 7.02. The number of hydrogen-bond donors (Lipinski definition) is 2. The van der Waals surface area contributed by atoms with Crippen LogP contribution in [-0.4, -0.2) is 44.9 Å². The minimum absolute atomic E-state index is 0.0532. The normalized spacial score (nSPS) is 26.2. The summed E-state index contributed by atoms with van der Waals surface area (Å²) in [6.07, 6.45) is 5.66. The summed E-state index contributed by atoms with van der Waals surface area (Å²) in [5, 5.41) is 10.4. The average Bonchev–Trinajstić information content (AvgIpc) is 2.94. The van der Waals surface area contributed by atoms with Crippen molar-refractivity contribution in [3.8, 4) is 0 Å². The van der Waals surface area contributed by atoms with Gasteiger partial charge in [-0.3, -0.25) is 9.59 Å². The zero-order valence-electron chi connectivity index (χ0n) is 12.9. The Labute approximate surface area is 129 Å². The SMILES string of the molecule is Cc1c(C(=O)N2CCCC2C2(O)CC2)[nH]c2c1C(=O)CCC2. The van der Waals surface area contributed by atoms with E-state index in [1.165, 1.54) is 0 Å². The van der Waals surface area contributed by atoms with Gasteiger partial charge in [-0.2, -0.15) is 0 Å². The van der Waals surface area contributed by atoms with Gasteiger partial charge in [-0.1, -0.05) is 0 Å². The maximum atomic E-state index is 12.9. The zero-order chi connectivity index (χ0) is 15.5. The minimum atomic E-state index is -0.665. The predicted octanol–water partition coefficient (Wildman–Crippen LogP) is 1.97. The first-order chi connectivity index (χ1) is 10.5. The van der Waals surface area contributed by atoms with Crippen LogP contribution in [0.5, 0.6) is 0 Å². The van der Waals surface area contributed by atoms with E-state index in [9.17, 15) is 14.7 Å². The number of fused-ring (bicyclic) bond motifs is 1. The second kappa shape index (κ2) is 4.69. The third kappa shape index (κ3) is 1.95. The number of amides is 1. The molecule has 1 unspecified atom stereocenters. The topological polar surface area (TPSA) is 73.4 Å². The number of nitrogens with zero attached hydrogens (tertiary/aromatic N) is 1. The number of aryl methyl sites for hydroxylation is 1. The molecule has 118 valence electrons. The molecule has 5 nitrogen and oxygen atoms in total. The molecule has 1 aromatic heterocycles. The molecule has 4 rings (SSSR count). The number of H-pyrrole nitrogens is 1. The molecule has 2 heterocycles. The van der Waals surface area contributed by atoms with Gasteiger partial charge in [-0.15, -0.1) is 0 Å². The summed E-state index contributed by atoms with van der Waals surface area (Å²) in [5.41, 5.74) is 2.32. The van der Waals surface area contributed by atoms with Crippen LogP contribution in [0, 0.1) is 6.92 Å². The molecule has 1 saturated heterocycles. The van der Waals surface area contributed by atoms with Crippen LogP contribution < -0.4 is 0 Å². The zero-order valence-corrected chi connectivity index (χ0v) is 12.9. The number of carbonyl (C=O) groups excluding carboxylic acids is 2. The average molecular weight is 302 g/mol. The Balaban J connectivity index is 1.67. The van der Waals surface area contributed by atoms with Gasteiger partial charge in [0, 0.05) is 24.2 Å². The number of aromatic nitrogens is 1. The van der Waals surface area contributed by atoms with Crippen LogP contribution in [0.25, 0.3) is 0 Å². The molecule has 3 aliphatic rings. The highest BCUT2D eigenvalue weighted by molar-refractivity contribution is 6.04. The molecule has 1 aromatic rings. The molecule has 2 aliphatic carbocycles. The van der Waals surface area contributed by atoms with Crippen molar-refractivity contribution in [1.82, 2.24) is 9.88 Å². The molecule has 22 heavy (non-hydrogen) atoms. The van der Waals surface area contributed by atoms with Gasteiger partial charge < -0.3 is 15.0 Å². The number of rotatable bonds is 2. The largest absolute Gasteiger partial charge is 0.388 e. The number of aromatic amines is 1. The highest BCUT2D eigenvalue weighted by atomic mass is 16.3. The van der Waals surface area contributed by atoms with E-state index in [1.54, 1.807) is 0 Å². The summed E-state index contributed by atoms with van der Waals surface area (Å²) in [4.78, 5) is 30.1. The van der Waals surface area contributed by atoms with Crippen molar-refractivity contribution in [2.24, 2.45) is 0 Å². The molecule has 1 atom stereocenters. The van der Waals surface area contributed by atoms with Crippen molar-refractivity contribution in [2.45, 2.75) is 63.5 Å². The van der Waals surface area contributed by atoms with E-state index in [4.69, 9.17) is 0 Å². The Morgan fingerprint density at radius 1 is 1.32 bits per heavy atom. The summed E-state index contributed by atoms with van der Waals surface area (Å²) in [6.45, 7) is 2.56. The lowest BCUT2D eigenvalue weighted by molar-refractivity contribution is 0.0382. The van der Waals surface area contributed by atoms with Crippen LogP contribution in [0.1, 0.15) is 70.6 Å². The van der Waals surface area contributed by atoms with Crippen LogP contribution in [0.15, 0.2) is 0 Å². The summed E-state index contributed by atoms with van der Waals surface area (Å²) < 4.78 is 0. The highest BCUT2D eigenvalue weighted by Gasteiger charge is 2.53. The number of Topliss-reactive ketones (excluding diaryl/α,β-unsaturated/α-hetero) is 1. The first-order valence-electron chi connectivity index (χ1n) is 8.29. The first kappa shape index (κ1) is 14.0. The monoisotopic (exact) mass is 302 g/mol.